The topological polar surface area (TPSA) is 79.8 Å². The van der Waals surface area contributed by atoms with E-state index in [4.69, 9.17) is 28.5 Å². The number of hydrogen-bond donors (Lipinski definition) is 1. The van der Waals surface area contributed by atoms with Gasteiger partial charge in [0.2, 0.25) is 0 Å². The fourth-order valence-electron chi connectivity index (χ4n) is 2.03. The molecule has 1 amide bonds. The molecule has 6 nitrogen and oxygen atoms in total. The molecule has 0 atom stereocenters. The summed E-state index contributed by atoms with van der Waals surface area (Å²) >= 11 is 11.7. The maximum atomic E-state index is 12.5. The molecule has 23 heavy (non-hydrogen) atoms. The van der Waals surface area contributed by atoms with Crippen LogP contribution >= 0.6 is 23.2 Å². The maximum absolute atomic E-state index is 12.5. The molecule has 0 saturated heterocycles. The number of amides is 1. The first-order valence-corrected chi connectivity index (χ1v) is 7.17. The Morgan fingerprint density at radius 3 is 2.65 bits per heavy atom. The molecule has 0 aromatic carbocycles. The van der Waals surface area contributed by atoms with Gasteiger partial charge in [-0.3, -0.25) is 9.59 Å². The van der Waals surface area contributed by atoms with Gasteiger partial charge in [0.05, 0.1) is 17.3 Å². The van der Waals surface area contributed by atoms with E-state index in [1.54, 1.807) is 0 Å². The van der Waals surface area contributed by atoms with E-state index < -0.39 is 18.1 Å². The highest BCUT2D eigenvalue weighted by Gasteiger charge is 2.17. The molecule has 120 valence electrons. The number of rotatable bonds is 4. The van der Waals surface area contributed by atoms with Gasteiger partial charge in [-0.15, -0.1) is 0 Å². The van der Waals surface area contributed by atoms with E-state index >= 15 is 0 Å². The standard InChI is InChI=1S/C14H11Cl2FN4O2/c1-20-11(5-9(15)12(20)6-18)13(22)19-8-4-10(16)14(23)21(7-8)3-2-17/h4-5,7H,2-3H2,1H3,(H,19,22). The molecule has 0 fully saturated rings. The normalized spacial score (nSPS) is 10.4. The van der Waals surface area contributed by atoms with Gasteiger partial charge in [-0.2, -0.15) is 5.26 Å². The summed E-state index contributed by atoms with van der Waals surface area (Å²) in [5.74, 6) is -0.544. The number of nitrogens with zero attached hydrogens (tertiary/aromatic N) is 3. The summed E-state index contributed by atoms with van der Waals surface area (Å²) in [5, 5.41) is 11.5. The average molecular weight is 357 g/mol. The molecule has 0 bridgehead atoms. The zero-order valence-corrected chi connectivity index (χ0v) is 13.5. The predicted octanol–water partition coefficient (Wildman–Crippen LogP) is 2.59. The fourth-order valence-corrected chi connectivity index (χ4v) is 2.53. The number of carbonyl (C=O) groups excluding carboxylic acids is 1. The van der Waals surface area contributed by atoms with Crippen LogP contribution in [0.1, 0.15) is 16.2 Å². The lowest BCUT2D eigenvalue weighted by atomic mass is 10.3. The Bertz CT molecular complexity index is 867. The number of carbonyl (C=O) groups is 1. The molecule has 0 saturated carbocycles. The summed E-state index contributed by atoms with van der Waals surface area (Å²) in [6, 6.07) is 4.51. The van der Waals surface area contributed by atoms with Crippen LogP contribution in [0.3, 0.4) is 0 Å². The summed E-state index contributed by atoms with van der Waals surface area (Å²) in [5.41, 5.74) is -0.0111. The largest absolute Gasteiger partial charge is 0.330 e. The average Bonchev–Trinajstić information content (AvgIpc) is 2.79. The second-order valence-electron chi connectivity index (χ2n) is 4.62. The molecular weight excluding hydrogens is 346 g/mol. The summed E-state index contributed by atoms with van der Waals surface area (Å²) in [6.45, 7) is -0.913. The van der Waals surface area contributed by atoms with Crippen molar-refractivity contribution in [1.29, 1.82) is 5.26 Å². The van der Waals surface area contributed by atoms with E-state index in [1.807, 2.05) is 6.07 Å². The summed E-state index contributed by atoms with van der Waals surface area (Å²) in [7, 11) is 1.52. The molecular formula is C14H11Cl2FN4O2. The minimum absolute atomic E-state index is 0.140. The molecule has 9 heteroatoms. The fraction of sp³-hybridized carbons (Fsp3) is 0.214. The first-order chi connectivity index (χ1) is 10.9. The smallest absolute Gasteiger partial charge is 0.272 e. The Kier molecular flexibility index (Phi) is 5.08. The van der Waals surface area contributed by atoms with Crippen molar-refractivity contribution in [1.82, 2.24) is 9.13 Å². The lowest BCUT2D eigenvalue weighted by Gasteiger charge is -2.10. The number of nitrogens with one attached hydrogen (secondary N) is 1. The van der Waals surface area contributed by atoms with E-state index in [0.29, 0.717) is 0 Å². The third-order valence-corrected chi connectivity index (χ3v) is 3.71. The zero-order chi connectivity index (χ0) is 17.1. The number of nitriles is 1. The molecule has 2 rings (SSSR count). The van der Waals surface area contributed by atoms with Gasteiger partial charge < -0.3 is 14.5 Å². The minimum Gasteiger partial charge on any atom is -0.330 e. The second-order valence-corrected chi connectivity index (χ2v) is 5.43. The third kappa shape index (κ3) is 3.38. The van der Waals surface area contributed by atoms with Gasteiger partial charge in [0.1, 0.15) is 29.2 Å². The van der Waals surface area contributed by atoms with Crippen molar-refractivity contribution in [3.05, 3.63) is 50.1 Å². The van der Waals surface area contributed by atoms with Crippen LogP contribution < -0.4 is 10.9 Å². The van der Waals surface area contributed by atoms with Crippen LogP contribution in [0.2, 0.25) is 10.0 Å². The van der Waals surface area contributed by atoms with Gasteiger partial charge in [0, 0.05) is 13.2 Å². The first kappa shape index (κ1) is 17.1. The van der Waals surface area contributed by atoms with E-state index in [-0.39, 0.29) is 33.7 Å². The summed E-state index contributed by atoms with van der Waals surface area (Å²) in [6.07, 6.45) is 1.29. The highest BCUT2D eigenvalue weighted by Crippen LogP contribution is 2.21. The third-order valence-electron chi connectivity index (χ3n) is 3.15. The van der Waals surface area contributed by atoms with Crippen LogP contribution in [0.15, 0.2) is 23.1 Å². The van der Waals surface area contributed by atoms with Gasteiger partial charge in [0.25, 0.3) is 11.5 Å². The zero-order valence-electron chi connectivity index (χ0n) is 11.9. The molecule has 2 heterocycles. The lowest BCUT2D eigenvalue weighted by molar-refractivity contribution is 0.101. The van der Waals surface area contributed by atoms with Gasteiger partial charge in [0.15, 0.2) is 0 Å². The van der Waals surface area contributed by atoms with E-state index in [0.717, 1.165) is 4.57 Å². The van der Waals surface area contributed by atoms with Crippen LogP contribution in [-0.2, 0) is 13.6 Å². The van der Waals surface area contributed by atoms with E-state index in [1.165, 1.54) is 29.9 Å². The number of hydrogen-bond acceptors (Lipinski definition) is 3. The Morgan fingerprint density at radius 2 is 2.09 bits per heavy atom. The molecule has 2 aromatic rings. The van der Waals surface area contributed by atoms with Crippen molar-refractivity contribution in [3.8, 4) is 6.07 Å². The molecule has 0 aliphatic heterocycles. The van der Waals surface area contributed by atoms with Gasteiger partial charge in [-0.1, -0.05) is 23.2 Å². The van der Waals surface area contributed by atoms with Crippen molar-refractivity contribution in [2.24, 2.45) is 7.05 Å². The Hall–Kier alpha value is -2.30. The Balaban J connectivity index is 2.35. The number of anilines is 1. The van der Waals surface area contributed by atoms with Crippen molar-refractivity contribution in [3.63, 3.8) is 0 Å². The highest BCUT2D eigenvalue weighted by atomic mass is 35.5. The molecule has 1 N–H and O–H groups in total. The first-order valence-electron chi connectivity index (χ1n) is 6.41. The van der Waals surface area contributed by atoms with Crippen molar-refractivity contribution in [2.45, 2.75) is 6.54 Å². The van der Waals surface area contributed by atoms with Crippen molar-refractivity contribution >= 4 is 34.8 Å². The SMILES string of the molecule is Cn1c(C(=O)Nc2cc(Cl)c(=O)n(CCF)c2)cc(Cl)c1C#N. The summed E-state index contributed by atoms with van der Waals surface area (Å²) in [4.78, 5) is 24.0. The van der Waals surface area contributed by atoms with Crippen LogP contribution in [0.4, 0.5) is 10.1 Å². The van der Waals surface area contributed by atoms with Crippen molar-refractivity contribution < 1.29 is 9.18 Å². The molecule has 0 spiro atoms. The molecule has 2 aromatic heterocycles. The molecule has 0 radical (unpaired) electrons. The van der Waals surface area contributed by atoms with Gasteiger partial charge in [-0.25, -0.2) is 4.39 Å². The van der Waals surface area contributed by atoms with Gasteiger partial charge in [-0.05, 0) is 12.1 Å². The Labute approximate surface area is 140 Å². The number of alkyl halides is 1. The molecule has 0 unspecified atom stereocenters. The second kappa shape index (κ2) is 6.86. The minimum atomic E-state index is -0.743. The van der Waals surface area contributed by atoms with Crippen LogP contribution in [0.25, 0.3) is 0 Å². The predicted molar refractivity (Wildman–Crippen MR) is 84.8 cm³/mol. The highest BCUT2D eigenvalue weighted by molar-refractivity contribution is 6.32. The lowest BCUT2D eigenvalue weighted by Crippen LogP contribution is -2.23. The van der Waals surface area contributed by atoms with Crippen LogP contribution in [0.5, 0.6) is 0 Å². The quantitative estimate of drug-likeness (QED) is 0.914. The number of halogens is 3. The maximum Gasteiger partial charge on any atom is 0.272 e. The summed E-state index contributed by atoms with van der Waals surface area (Å²) < 4.78 is 14.9. The van der Waals surface area contributed by atoms with Gasteiger partial charge >= 0.3 is 0 Å². The number of aryl methyl sites for hydroxylation is 1. The van der Waals surface area contributed by atoms with Crippen LogP contribution in [-0.4, -0.2) is 21.7 Å². The molecule has 0 aliphatic rings. The Morgan fingerprint density at radius 1 is 1.39 bits per heavy atom. The number of aromatic nitrogens is 2. The van der Waals surface area contributed by atoms with E-state index in [2.05, 4.69) is 5.32 Å². The van der Waals surface area contributed by atoms with E-state index in [9.17, 15) is 14.0 Å². The monoisotopic (exact) mass is 356 g/mol. The van der Waals surface area contributed by atoms with Crippen molar-refractivity contribution in [2.75, 3.05) is 12.0 Å². The molecule has 0 aliphatic carbocycles. The number of pyridine rings is 1. The van der Waals surface area contributed by atoms with Crippen LogP contribution in [0, 0.1) is 11.3 Å².